The monoisotopic (exact) mass is 462 g/mol. The Morgan fingerprint density at radius 2 is 1.50 bits per heavy atom. The minimum Gasteiger partial charge on any atom is -0.445 e. The minimum atomic E-state index is -1.06. The van der Waals surface area contributed by atoms with E-state index in [1.54, 1.807) is 36.4 Å². The van der Waals surface area contributed by atoms with Gasteiger partial charge in [0.25, 0.3) is 17.5 Å². The van der Waals surface area contributed by atoms with E-state index in [9.17, 15) is 24.5 Å². The molecule has 3 rings (SSSR count). The van der Waals surface area contributed by atoms with Gasteiger partial charge in [0.15, 0.2) is 0 Å². The molecule has 1 atom stereocenters. The molecular weight excluding hydrogens is 440 g/mol. The van der Waals surface area contributed by atoms with Crippen LogP contribution in [0.25, 0.3) is 0 Å². The molecule has 3 aromatic carbocycles. The summed E-state index contributed by atoms with van der Waals surface area (Å²) in [5.74, 6) is -1.44. The Kier molecular flexibility index (Phi) is 8.28. The third-order valence-electron chi connectivity index (χ3n) is 4.72. The summed E-state index contributed by atoms with van der Waals surface area (Å²) in [6.45, 7) is 0.0237. The second-order valence-electron chi connectivity index (χ2n) is 7.20. The van der Waals surface area contributed by atoms with Gasteiger partial charge in [0.2, 0.25) is 0 Å². The Balaban J connectivity index is 1.62. The molecule has 0 aromatic heterocycles. The number of non-ortho nitro benzene ring substituents is 1. The number of hydrogen-bond donors (Lipinski definition) is 3. The van der Waals surface area contributed by atoms with Gasteiger partial charge in [-0.15, -0.1) is 0 Å². The molecule has 0 fully saturated rings. The molecule has 0 unspecified atom stereocenters. The van der Waals surface area contributed by atoms with Crippen LogP contribution in [0.5, 0.6) is 0 Å². The van der Waals surface area contributed by atoms with E-state index in [2.05, 4.69) is 16.2 Å². The molecule has 0 aliphatic heterocycles. The fraction of sp³-hybridized carbons (Fsp3) is 0.125. The topological polar surface area (TPSA) is 140 Å². The third-order valence-corrected chi connectivity index (χ3v) is 4.72. The molecule has 3 aromatic rings. The lowest BCUT2D eigenvalue weighted by Crippen LogP contribution is -2.53. The van der Waals surface area contributed by atoms with Crippen molar-refractivity contribution in [1.29, 1.82) is 0 Å². The Morgan fingerprint density at radius 3 is 2.15 bits per heavy atom. The van der Waals surface area contributed by atoms with Crippen LogP contribution >= 0.6 is 0 Å². The lowest BCUT2D eigenvalue weighted by Gasteiger charge is -2.19. The van der Waals surface area contributed by atoms with Crippen LogP contribution in [0, 0.1) is 10.1 Å². The quantitative estimate of drug-likeness (QED) is 0.347. The zero-order valence-electron chi connectivity index (χ0n) is 18.0. The molecule has 10 nitrogen and oxygen atoms in total. The molecule has 10 heteroatoms. The normalized spacial score (nSPS) is 11.1. The largest absolute Gasteiger partial charge is 0.445 e. The minimum absolute atomic E-state index is 0.00987. The van der Waals surface area contributed by atoms with Crippen molar-refractivity contribution in [3.8, 4) is 0 Å². The summed E-state index contributed by atoms with van der Waals surface area (Å²) in [6.07, 6.45) is -0.662. The summed E-state index contributed by atoms with van der Waals surface area (Å²) in [7, 11) is 0. The first-order chi connectivity index (χ1) is 16.4. The Labute approximate surface area is 195 Å². The summed E-state index contributed by atoms with van der Waals surface area (Å²) in [5.41, 5.74) is 5.75. The lowest BCUT2D eigenvalue weighted by atomic mass is 10.1. The first-order valence-corrected chi connectivity index (χ1v) is 10.3. The van der Waals surface area contributed by atoms with E-state index in [0.29, 0.717) is 0 Å². The van der Waals surface area contributed by atoms with Gasteiger partial charge < -0.3 is 10.1 Å². The maximum absolute atomic E-state index is 12.8. The lowest BCUT2D eigenvalue weighted by molar-refractivity contribution is -0.384. The van der Waals surface area contributed by atoms with Crippen LogP contribution in [0.1, 0.15) is 21.5 Å². The number of rotatable bonds is 8. The SMILES string of the molecule is O=C(N[C@@H](Cc1ccccc1)C(=O)NNC(=O)c1cccc([N+](=O)[O-])c1)OCc1ccccc1. The van der Waals surface area contributed by atoms with E-state index in [4.69, 9.17) is 4.74 Å². The van der Waals surface area contributed by atoms with E-state index < -0.39 is 28.9 Å². The van der Waals surface area contributed by atoms with Gasteiger partial charge in [-0.2, -0.15) is 0 Å². The molecule has 0 heterocycles. The number of hydrogen-bond acceptors (Lipinski definition) is 6. The number of amides is 3. The van der Waals surface area contributed by atoms with Gasteiger partial charge in [-0.3, -0.25) is 30.6 Å². The zero-order chi connectivity index (χ0) is 24.3. The van der Waals surface area contributed by atoms with Crippen LogP contribution < -0.4 is 16.2 Å². The molecule has 0 spiro atoms. The third kappa shape index (κ3) is 7.16. The average molecular weight is 462 g/mol. The van der Waals surface area contributed by atoms with Crippen molar-refractivity contribution < 1.29 is 24.0 Å². The van der Waals surface area contributed by atoms with E-state index in [1.807, 2.05) is 24.3 Å². The molecule has 0 bridgehead atoms. The van der Waals surface area contributed by atoms with Gasteiger partial charge in [0.05, 0.1) is 4.92 Å². The van der Waals surface area contributed by atoms with Crippen LogP contribution in [0.15, 0.2) is 84.9 Å². The van der Waals surface area contributed by atoms with Crippen LogP contribution in [-0.4, -0.2) is 28.9 Å². The molecule has 3 N–H and O–H groups in total. The van der Waals surface area contributed by atoms with Gasteiger partial charge in [-0.25, -0.2) is 4.79 Å². The van der Waals surface area contributed by atoms with Crippen molar-refractivity contribution in [3.63, 3.8) is 0 Å². The van der Waals surface area contributed by atoms with Crippen molar-refractivity contribution >= 4 is 23.6 Å². The number of nitrogens with zero attached hydrogens (tertiary/aromatic N) is 1. The highest BCUT2D eigenvalue weighted by atomic mass is 16.6. The second kappa shape index (κ2) is 11.8. The van der Waals surface area contributed by atoms with Gasteiger partial charge >= 0.3 is 6.09 Å². The molecule has 34 heavy (non-hydrogen) atoms. The van der Waals surface area contributed by atoms with Crippen LogP contribution in [0.3, 0.4) is 0 Å². The number of hydrazine groups is 1. The number of carbonyl (C=O) groups excluding carboxylic acids is 3. The number of ether oxygens (including phenoxy) is 1. The van der Waals surface area contributed by atoms with Crippen molar-refractivity contribution in [1.82, 2.24) is 16.2 Å². The number of nitrogens with one attached hydrogen (secondary N) is 3. The molecule has 174 valence electrons. The van der Waals surface area contributed by atoms with Gasteiger partial charge in [-0.1, -0.05) is 66.7 Å². The Hall–Kier alpha value is -4.73. The summed E-state index contributed by atoms with van der Waals surface area (Å²) in [5, 5.41) is 13.4. The van der Waals surface area contributed by atoms with Crippen molar-refractivity contribution in [2.75, 3.05) is 0 Å². The summed E-state index contributed by atoms with van der Waals surface area (Å²) < 4.78 is 5.20. The van der Waals surface area contributed by atoms with E-state index in [0.717, 1.165) is 17.2 Å². The summed E-state index contributed by atoms with van der Waals surface area (Å²) in [4.78, 5) is 47.7. The Bertz CT molecular complexity index is 1150. The average Bonchev–Trinajstić information content (AvgIpc) is 2.86. The van der Waals surface area contributed by atoms with Crippen LogP contribution in [0.2, 0.25) is 0 Å². The number of nitro groups is 1. The van der Waals surface area contributed by atoms with Crippen molar-refractivity contribution in [2.24, 2.45) is 0 Å². The number of nitro benzene ring substituents is 1. The highest BCUT2D eigenvalue weighted by molar-refractivity contribution is 5.96. The highest BCUT2D eigenvalue weighted by Gasteiger charge is 2.23. The predicted octanol–water partition coefficient (Wildman–Crippen LogP) is 2.89. The van der Waals surface area contributed by atoms with Gasteiger partial charge in [0.1, 0.15) is 12.6 Å². The van der Waals surface area contributed by atoms with Crippen molar-refractivity contribution in [3.05, 3.63) is 112 Å². The first-order valence-electron chi connectivity index (χ1n) is 10.3. The summed E-state index contributed by atoms with van der Waals surface area (Å²) in [6, 6.07) is 22.0. The molecule has 3 amide bonds. The van der Waals surface area contributed by atoms with Gasteiger partial charge in [-0.05, 0) is 17.2 Å². The second-order valence-corrected chi connectivity index (χ2v) is 7.20. The number of benzene rings is 3. The van der Waals surface area contributed by atoms with Gasteiger partial charge in [0, 0.05) is 24.1 Å². The molecule has 0 aliphatic carbocycles. The first kappa shape index (κ1) is 23.9. The molecular formula is C24H22N4O6. The molecule has 0 saturated heterocycles. The maximum Gasteiger partial charge on any atom is 0.408 e. The highest BCUT2D eigenvalue weighted by Crippen LogP contribution is 2.12. The fourth-order valence-electron chi connectivity index (χ4n) is 3.00. The number of carbonyl (C=O) groups is 3. The van der Waals surface area contributed by atoms with Crippen LogP contribution in [-0.2, 0) is 22.6 Å². The molecule has 0 aliphatic rings. The zero-order valence-corrected chi connectivity index (χ0v) is 18.0. The molecule has 0 saturated carbocycles. The fourth-order valence-corrected chi connectivity index (χ4v) is 3.00. The molecule has 0 radical (unpaired) electrons. The van der Waals surface area contributed by atoms with E-state index in [-0.39, 0.29) is 24.3 Å². The summed E-state index contributed by atoms with van der Waals surface area (Å²) >= 11 is 0. The van der Waals surface area contributed by atoms with E-state index >= 15 is 0 Å². The number of alkyl carbamates (subject to hydrolysis) is 1. The Morgan fingerprint density at radius 1 is 0.853 bits per heavy atom. The van der Waals surface area contributed by atoms with E-state index in [1.165, 1.54) is 18.2 Å². The predicted molar refractivity (Wildman–Crippen MR) is 122 cm³/mol. The maximum atomic E-state index is 12.8. The van der Waals surface area contributed by atoms with Crippen molar-refractivity contribution in [2.45, 2.75) is 19.1 Å². The van der Waals surface area contributed by atoms with Crippen LogP contribution in [0.4, 0.5) is 10.5 Å². The standard InChI is InChI=1S/C24H22N4O6/c29-22(19-12-7-13-20(15-19)28(32)33)26-27-23(30)21(14-17-8-3-1-4-9-17)25-24(31)34-16-18-10-5-2-6-11-18/h1-13,15,21H,14,16H2,(H,25,31)(H,26,29)(H,27,30)/t21-/m0/s1. The smallest absolute Gasteiger partial charge is 0.408 e.